The van der Waals surface area contributed by atoms with Crippen molar-refractivity contribution in [1.82, 2.24) is 9.80 Å². The predicted molar refractivity (Wildman–Crippen MR) is 131 cm³/mol. The standard InChI is InChI=1S/C24H22ClN3O5S/c25-17-8-2-3-9-18(17)26-21(29)15-33-19-10-4-1-7-16(19)13-20-23(31)28(24(32)34-20)14-22(30)27-11-5-6-12-27/h1-4,7-10,13H,5-6,11-12,14-15H2,(H,26,29)/b20-13-. The number of likely N-dealkylation sites (tertiary alicyclic amines) is 1. The number of rotatable bonds is 7. The molecule has 176 valence electrons. The van der Waals surface area contributed by atoms with Gasteiger partial charge in [0.2, 0.25) is 5.91 Å². The molecule has 1 N–H and O–H groups in total. The van der Waals surface area contributed by atoms with E-state index in [9.17, 15) is 19.2 Å². The minimum Gasteiger partial charge on any atom is -0.483 e. The summed E-state index contributed by atoms with van der Waals surface area (Å²) in [7, 11) is 0. The van der Waals surface area contributed by atoms with Crippen LogP contribution in [-0.4, -0.2) is 59.0 Å². The number of hydrogen-bond donors (Lipinski definition) is 1. The Bertz CT molecular complexity index is 1160. The zero-order valence-corrected chi connectivity index (χ0v) is 19.7. The monoisotopic (exact) mass is 499 g/mol. The molecule has 0 atom stereocenters. The summed E-state index contributed by atoms with van der Waals surface area (Å²) >= 11 is 6.83. The number of carbonyl (C=O) groups is 4. The van der Waals surface area contributed by atoms with Crippen LogP contribution in [0.25, 0.3) is 6.08 Å². The van der Waals surface area contributed by atoms with Gasteiger partial charge in [-0.2, -0.15) is 0 Å². The Hall–Kier alpha value is -3.30. The maximum Gasteiger partial charge on any atom is 0.294 e. The first kappa shape index (κ1) is 23.8. The van der Waals surface area contributed by atoms with E-state index in [0.717, 1.165) is 29.5 Å². The Kier molecular flexibility index (Phi) is 7.54. The molecule has 4 amide bonds. The van der Waals surface area contributed by atoms with Crippen LogP contribution in [0.4, 0.5) is 10.5 Å². The van der Waals surface area contributed by atoms with Gasteiger partial charge in [-0.1, -0.05) is 41.9 Å². The molecule has 10 heteroatoms. The first-order valence-corrected chi connectivity index (χ1v) is 11.9. The fourth-order valence-electron chi connectivity index (χ4n) is 3.60. The first-order valence-electron chi connectivity index (χ1n) is 10.7. The van der Waals surface area contributed by atoms with Crippen molar-refractivity contribution in [2.45, 2.75) is 12.8 Å². The Balaban J connectivity index is 1.41. The van der Waals surface area contributed by atoms with Crippen LogP contribution in [0.3, 0.4) is 0 Å². The average molecular weight is 500 g/mol. The van der Waals surface area contributed by atoms with Crippen molar-refractivity contribution < 1.29 is 23.9 Å². The van der Waals surface area contributed by atoms with Gasteiger partial charge in [0, 0.05) is 18.7 Å². The zero-order chi connectivity index (χ0) is 24.1. The van der Waals surface area contributed by atoms with Crippen LogP contribution >= 0.6 is 23.4 Å². The molecule has 0 saturated carbocycles. The maximum atomic E-state index is 12.8. The molecule has 2 aromatic carbocycles. The molecular formula is C24H22ClN3O5S. The number of para-hydroxylation sites is 2. The molecule has 0 aliphatic carbocycles. The highest BCUT2D eigenvalue weighted by Crippen LogP contribution is 2.34. The number of carbonyl (C=O) groups excluding carboxylic acids is 4. The number of hydrogen-bond acceptors (Lipinski definition) is 6. The smallest absolute Gasteiger partial charge is 0.294 e. The summed E-state index contributed by atoms with van der Waals surface area (Å²) in [5.74, 6) is -0.775. The van der Waals surface area contributed by atoms with Crippen LogP contribution in [0, 0.1) is 0 Å². The molecule has 0 spiro atoms. The number of nitrogens with one attached hydrogen (secondary N) is 1. The molecule has 2 aromatic rings. The molecule has 2 heterocycles. The lowest BCUT2D eigenvalue weighted by Gasteiger charge is -2.18. The molecule has 34 heavy (non-hydrogen) atoms. The molecule has 2 aliphatic heterocycles. The number of anilines is 1. The van der Waals surface area contributed by atoms with Gasteiger partial charge >= 0.3 is 0 Å². The molecule has 0 bridgehead atoms. The Morgan fingerprint density at radius 2 is 1.76 bits per heavy atom. The summed E-state index contributed by atoms with van der Waals surface area (Å²) in [4.78, 5) is 52.7. The second-order valence-electron chi connectivity index (χ2n) is 7.71. The molecule has 2 saturated heterocycles. The van der Waals surface area contributed by atoms with E-state index in [0.29, 0.717) is 35.1 Å². The van der Waals surface area contributed by atoms with Crippen molar-refractivity contribution in [2.75, 3.05) is 31.6 Å². The fourth-order valence-corrected chi connectivity index (χ4v) is 4.61. The van der Waals surface area contributed by atoms with Gasteiger partial charge in [0.1, 0.15) is 12.3 Å². The highest BCUT2D eigenvalue weighted by atomic mass is 35.5. The summed E-state index contributed by atoms with van der Waals surface area (Å²) in [5.41, 5.74) is 1.01. The highest BCUT2D eigenvalue weighted by Gasteiger charge is 2.37. The van der Waals surface area contributed by atoms with E-state index < -0.39 is 17.1 Å². The molecule has 0 aromatic heterocycles. The van der Waals surface area contributed by atoms with E-state index in [1.807, 2.05) is 0 Å². The number of ether oxygens (including phenoxy) is 1. The third-order valence-electron chi connectivity index (χ3n) is 5.34. The zero-order valence-electron chi connectivity index (χ0n) is 18.2. The largest absolute Gasteiger partial charge is 0.483 e. The molecule has 2 fully saturated rings. The van der Waals surface area contributed by atoms with Gasteiger partial charge in [-0.15, -0.1) is 0 Å². The summed E-state index contributed by atoms with van der Waals surface area (Å²) in [6.07, 6.45) is 3.40. The third kappa shape index (κ3) is 5.60. The number of imide groups is 1. The quantitative estimate of drug-likeness (QED) is 0.578. The maximum absolute atomic E-state index is 12.8. The van der Waals surface area contributed by atoms with E-state index in [-0.39, 0.29) is 24.0 Å². The Morgan fingerprint density at radius 3 is 2.53 bits per heavy atom. The van der Waals surface area contributed by atoms with Crippen LogP contribution in [0.1, 0.15) is 18.4 Å². The summed E-state index contributed by atoms with van der Waals surface area (Å²) in [6.45, 7) is 0.767. The van der Waals surface area contributed by atoms with Gasteiger partial charge in [0.25, 0.3) is 17.1 Å². The lowest BCUT2D eigenvalue weighted by atomic mass is 10.2. The normalized spacial score (nSPS) is 16.9. The van der Waals surface area contributed by atoms with Crippen LogP contribution in [0.5, 0.6) is 5.75 Å². The van der Waals surface area contributed by atoms with Crippen molar-refractivity contribution in [3.63, 3.8) is 0 Å². The van der Waals surface area contributed by atoms with Gasteiger partial charge in [-0.05, 0) is 48.9 Å². The molecule has 2 aliphatic rings. The average Bonchev–Trinajstić information content (AvgIpc) is 3.45. The topological polar surface area (TPSA) is 96.0 Å². The van der Waals surface area contributed by atoms with Crippen molar-refractivity contribution >= 4 is 58.1 Å². The molecule has 4 rings (SSSR count). The molecule has 8 nitrogen and oxygen atoms in total. The summed E-state index contributed by atoms with van der Waals surface area (Å²) in [5, 5.41) is 2.60. The molecule has 0 radical (unpaired) electrons. The Morgan fingerprint density at radius 1 is 1.06 bits per heavy atom. The third-order valence-corrected chi connectivity index (χ3v) is 6.58. The van der Waals surface area contributed by atoms with Gasteiger partial charge < -0.3 is 15.0 Å². The Labute approximate surface area is 205 Å². The lowest BCUT2D eigenvalue weighted by Crippen LogP contribution is -2.40. The predicted octanol–water partition coefficient (Wildman–Crippen LogP) is 4.02. The van der Waals surface area contributed by atoms with Crippen molar-refractivity contribution in [3.05, 3.63) is 64.0 Å². The van der Waals surface area contributed by atoms with Gasteiger partial charge in [0.05, 0.1) is 15.6 Å². The van der Waals surface area contributed by atoms with Crippen LogP contribution in [0.15, 0.2) is 53.4 Å². The summed E-state index contributed by atoms with van der Waals surface area (Å²) < 4.78 is 5.66. The van der Waals surface area contributed by atoms with Gasteiger partial charge in [0.15, 0.2) is 6.61 Å². The molecular weight excluding hydrogens is 478 g/mol. The fraction of sp³-hybridized carbons (Fsp3) is 0.250. The minimum absolute atomic E-state index is 0.191. The van der Waals surface area contributed by atoms with Crippen LogP contribution in [0.2, 0.25) is 5.02 Å². The number of benzene rings is 2. The molecule has 0 unspecified atom stereocenters. The van der Waals surface area contributed by atoms with Crippen molar-refractivity contribution in [3.8, 4) is 5.75 Å². The number of nitrogens with zero attached hydrogens (tertiary/aromatic N) is 2. The lowest BCUT2D eigenvalue weighted by molar-refractivity contribution is -0.135. The number of halogens is 1. The van der Waals surface area contributed by atoms with E-state index in [4.69, 9.17) is 16.3 Å². The summed E-state index contributed by atoms with van der Waals surface area (Å²) in [6, 6.07) is 13.7. The van der Waals surface area contributed by atoms with Crippen LogP contribution < -0.4 is 10.1 Å². The van der Waals surface area contributed by atoms with E-state index >= 15 is 0 Å². The van der Waals surface area contributed by atoms with Crippen molar-refractivity contribution in [1.29, 1.82) is 0 Å². The second kappa shape index (κ2) is 10.8. The van der Waals surface area contributed by atoms with Gasteiger partial charge in [-0.3, -0.25) is 24.1 Å². The number of amides is 4. The van der Waals surface area contributed by atoms with Crippen LogP contribution in [-0.2, 0) is 14.4 Å². The number of thioether (sulfide) groups is 1. The highest BCUT2D eigenvalue weighted by molar-refractivity contribution is 8.18. The SMILES string of the molecule is O=C(COc1ccccc1/C=C1\SC(=O)N(CC(=O)N2CCCC2)C1=O)Nc1ccccc1Cl. The minimum atomic E-state index is -0.520. The van der Waals surface area contributed by atoms with Crippen molar-refractivity contribution in [2.24, 2.45) is 0 Å². The first-order chi connectivity index (χ1) is 16.4. The second-order valence-corrected chi connectivity index (χ2v) is 9.11. The van der Waals surface area contributed by atoms with E-state index in [2.05, 4.69) is 5.32 Å². The van der Waals surface area contributed by atoms with Gasteiger partial charge in [-0.25, -0.2) is 0 Å². The van der Waals surface area contributed by atoms with E-state index in [1.165, 1.54) is 6.08 Å². The van der Waals surface area contributed by atoms with E-state index in [1.54, 1.807) is 53.4 Å².